The van der Waals surface area contributed by atoms with Gasteiger partial charge in [0, 0.05) is 44.5 Å². The van der Waals surface area contributed by atoms with E-state index in [1.807, 2.05) is 12.1 Å². The molecule has 4 heterocycles. The second kappa shape index (κ2) is 8.52. The number of carbonyl (C=O) groups is 1. The number of pyridine rings is 1. The van der Waals surface area contributed by atoms with E-state index < -0.39 is 6.09 Å². The summed E-state index contributed by atoms with van der Waals surface area (Å²) in [5.74, 6) is 2.12. The summed E-state index contributed by atoms with van der Waals surface area (Å²) in [6.07, 6.45) is 7.47. The lowest BCUT2D eigenvalue weighted by Gasteiger charge is -2.41. The zero-order valence-corrected chi connectivity index (χ0v) is 17.1. The number of amides is 1. The predicted octanol–water partition coefficient (Wildman–Crippen LogP) is 2.70. The number of nitrogens with zero attached hydrogens (tertiary/aromatic N) is 5. The summed E-state index contributed by atoms with van der Waals surface area (Å²) >= 11 is 0. The lowest BCUT2D eigenvalue weighted by molar-refractivity contribution is 0.167. The Hall–Kier alpha value is -3.42. The van der Waals surface area contributed by atoms with Gasteiger partial charge in [-0.3, -0.25) is 4.98 Å². The highest BCUT2D eigenvalue weighted by atomic mass is 16.5. The van der Waals surface area contributed by atoms with Crippen LogP contribution in [0.25, 0.3) is 12.2 Å². The van der Waals surface area contributed by atoms with Crippen LogP contribution in [0.3, 0.4) is 0 Å². The SMILES string of the molecule is C=Cc1ccc(N2CC(c3nccnc3N3CCC(NC(=O)OC)C3)C2)nc1C=C. The summed E-state index contributed by atoms with van der Waals surface area (Å²) in [6, 6.07) is 4.09. The van der Waals surface area contributed by atoms with Gasteiger partial charge in [-0.25, -0.2) is 14.8 Å². The fraction of sp³-hybridized carbons (Fsp3) is 0.364. The van der Waals surface area contributed by atoms with Crippen molar-refractivity contribution in [2.45, 2.75) is 18.4 Å². The van der Waals surface area contributed by atoms with E-state index in [0.717, 1.165) is 54.6 Å². The molecule has 1 amide bonds. The third kappa shape index (κ3) is 3.85. The van der Waals surface area contributed by atoms with Crippen molar-refractivity contribution in [1.82, 2.24) is 20.3 Å². The molecule has 30 heavy (non-hydrogen) atoms. The summed E-state index contributed by atoms with van der Waals surface area (Å²) in [5.41, 5.74) is 2.82. The number of anilines is 2. The lowest BCUT2D eigenvalue weighted by Crippen LogP contribution is -2.46. The molecule has 1 N–H and O–H groups in total. The molecule has 0 radical (unpaired) electrons. The van der Waals surface area contributed by atoms with Crippen LogP contribution in [-0.2, 0) is 4.74 Å². The summed E-state index contributed by atoms with van der Waals surface area (Å²) in [7, 11) is 1.38. The average Bonchev–Trinajstić information content (AvgIpc) is 3.21. The van der Waals surface area contributed by atoms with E-state index in [2.05, 4.69) is 38.2 Å². The van der Waals surface area contributed by atoms with Gasteiger partial charge < -0.3 is 19.9 Å². The Bertz CT molecular complexity index is 956. The van der Waals surface area contributed by atoms with E-state index >= 15 is 0 Å². The topological polar surface area (TPSA) is 83.5 Å². The van der Waals surface area contributed by atoms with E-state index in [1.165, 1.54) is 7.11 Å². The fourth-order valence-electron chi connectivity index (χ4n) is 3.99. The number of carbonyl (C=O) groups excluding carboxylic acids is 1. The van der Waals surface area contributed by atoms with Crippen molar-refractivity contribution in [2.75, 3.05) is 43.1 Å². The van der Waals surface area contributed by atoms with Crippen LogP contribution < -0.4 is 15.1 Å². The van der Waals surface area contributed by atoms with Crippen molar-refractivity contribution < 1.29 is 9.53 Å². The summed E-state index contributed by atoms with van der Waals surface area (Å²) in [4.78, 5) is 29.9. The van der Waals surface area contributed by atoms with Gasteiger partial charge in [0.05, 0.1) is 24.5 Å². The lowest BCUT2D eigenvalue weighted by atomic mass is 9.95. The van der Waals surface area contributed by atoms with Gasteiger partial charge in [-0.15, -0.1) is 0 Å². The van der Waals surface area contributed by atoms with Gasteiger partial charge >= 0.3 is 6.09 Å². The maximum atomic E-state index is 11.5. The molecule has 2 aromatic rings. The molecule has 0 aliphatic carbocycles. The van der Waals surface area contributed by atoms with Crippen LogP contribution in [0, 0.1) is 0 Å². The molecule has 2 aromatic heterocycles. The second-order valence-corrected chi connectivity index (χ2v) is 7.49. The number of hydrogen-bond acceptors (Lipinski definition) is 7. The standard InChI is InChI=1S/C22H26N6O2/c1-4-15-6-7-19(26-18(15)5-2)28-12-16(13-28)20-21(24-10-9-23-20)27-11-8-17(14-27)25-22(29)30-3/h4-7,9-10,16-17H,1-2,8,11-14H2,3H3,(H,25,29). The third-order valence-corrected chi connectivity index (χ3v) is 5.65. The Labute approximate surface area is 176 Å². The first kappa shape index (κ1) is 19.9. The first-order valence-corrected chi connectivity index (χ1v) is 10.0. The van der Waals surface area contributed by atoms with Gasteiger partial charge in [0.2, 0.25) is 0 Å². The number of methoxy groups -OCH3 is 1. The van der Waals surface area contributed by atoms with Crippen LogP contribution in [-0.4, -0.2) is 60.4 Å². The quantitative estimate of drug-likeness (QED) is 0.790. The van der Waals surface area contributed by atoms with E-state index in [9.17, 15) is 4.79 Å². The van der Waals surface area contributed by atoms with Crippen LogP contribution in [0.4, 0.5) is 16.4 Å². The minimum Gasteiger partial charge on any atom is -0.453 e. The molecular weight excluding hydrogens is 380 g/mol. The Kier molecular flexibility index (Phi) is 5.65. The minimum atomic E-state index is -0.398. The van der Waals surface area contributed by atoms with Crippen LogP contribution in [0.5, 0.6) is 0 Å². The number of ether oxygens (including phenoxy) is 1. The molecule has 4 rings (SSSR count). The molecule has 2 aliphatic rings. The van der Waals surface area contributed by atoms with Gasteiger partial charge in [-0.1, -0.05) is 19.2 Å². The first-order chi connectivity index (χ1) is 14.6. The highest BCUT2D eigenvalue weighted by Gasteiger charge is 2.35. The van der Waals surface area contributed by atoms with Crippen LogP contribution >= 0.6 is 0 Å². The first-order valence-electron chi connectivity index (χ1n) is 10.0. The molecule has 8 heteroatoms. The van der Waals surface area contributed by atoms with Crippen LogP contribution in [0.2, 0.25) is 0 Å². The molecule has 0 spiro atoms. The van der Waals surface area contributed by atoms with E-state index in [4.69, 9.17) is 9.72 Å². The minimum absolute atomic E-state index is 0.0510. The molecule has 0 bridgehead atoms. The van der Waals surface area contributed by atoms with Crippen LogP contribution in [0.1, 0.15) is 29.3 Å². The monoisotopic (exact) mass is 406 g/mol. The average molecular weight is 406 g/mol. The molecule has 2 aliphatic heterocycles. The van der Waals surface area contributed by atoms with Gasteiger partial charge in [0.1, 0.15) is 5.82 Å². The highest BCUT2D eigenvalue weighted by Crippen LogP contribution is 2.35. The molecule has 8 nitrogen and oxygen atoms in total. The van der Waals surface area contributed by atoms with Crippen molar-refractivity contribution >= 4 is 29.9 Å². The normalized spacial score (nSPS) is 18.6. The van der Waals surface area contributed by atoms with Gasteiger partial charge in [0.15, 0.2) is 5.82 Å². The van der Waals surface area contributed by atoms with Gasteiger partial charge in [0.25, 0.3) is 0 Å². The van der Waals surface area contributed by atoms with Crippen molar-refractivity contribution in [3.8, 4) is 0 Å². The number of hydrogen-bond donors (Lipinski definition) is 1. The fourth-order valence-corrected chi connectivity index (χ4v) is 3.99. The maximum Gasteiger partial charge on any atom is 0.407 e. The number of nitrogens with one attached hydrogen (secondary N) is 1. The second-order valence-electron chi connectivity index (χ2n) is 7.49. The van der Waals surface area contributed by atoms with Crippen molar-refractivity contribution in [3.63, 3.8) is 0 Å². The van der Waals surface area contributed by atoms with Crippen LogP contribution in [0.15, 0.2) is 37.7 Å². The molecule has 1 atom stereocenters. The molecule has 2 fully saturated rings. The number of alkyl carbamates (subject to hydrolysis) is 1. The van der Waals surface area contributed by atoms with Crippen molar-refractivity contribution in [3.05, 3.63) is 54.6 Å². The van der Waals surface area contributed by atoms with Gasteiger partial charge in [-0.2, -0.15) is 0 Å². The summed E-state index contributed by atoms with van der Waals surface area (Å²) in [5, 5.41) is 2.87. The highest BCUT2D eigenvalue weighted by molar-refractivity contribution is 5.67. The molecule has 0 aromatic carbocycles. The van der Waals surface area contributed by atoms with E-state index in [0.29, 0.717) is 6.54 Å². The molecule has 156 valence electrons. The molecule has 0 saturated carbocycles. The molecule has 2 saturated heterocycles. The van der Waals surface area contributed by atoms with E-state index in [1.54, 1.807) is 24.5 Å². The Balaban J connectivity index is 1.44. The Morgan fingerprint density at radius 3 is 2.70 bits per heavy atom. The number of aromatic nitrogens is 3. The van der Waals surface area contributed by atoms with Crippen molar-refractivity contribution in [1.29, 1.82) is 0 Å². The van der Waals surface area contributed by atoms with E-state index in [-0.39, 0.29) is 12.0 Å². The maximum absolute atomic E-state index is 11.5. The Morgan fingerprint density at radius 1 is 1.17 bits per heavy atom. The summed E-state index contributed by atoms with van der Waals surface area (Å²) < 4.78 is 4.71. The zero-order valence-electron chi connectivity index (χ0n) is 17.1. The smallest absolute Gasteiger partial charge is 0.407 e. The molecule has 1 unspecified atom stereocenters. The predicted molar refractivity (Wildman–Crippen MR) is 118 cm³/mol. The number of rotatable bonds is 6. The molecular formula is C22H26N6O2. The zero-order chi connectivity index (χ0) is 21.1. The largest absolute Gasteiger partial charge is 0.453 e. The van der Waals surface area contributed by atoms with Crippen molar-refractivity contribution in [2.24, 2.45) is 0 Å². The Morgan fingerprint density at radius 2 is 1.97 bits per heavy atom. The third-order valence-electron chi connectivity index (χ3n) is 5.65. The summed E-state index contributed by atoms with van der Waals surface area (Å²) in [6.45, 7) is 10.9. The van der Waals surface area contributed by atoms with Gasteiger partial charge in [-0.05, 0) is 30.2 Å².